The molecule has 0 unspecified atom stereocenters. The molecule has 0 saturated heterocycles. The van der Waals surface area contributed by atoms with Gasteiger partial charge in [-0.15, -0.1) is 23.2 Å². The van der Waals surface area contributed by atoms with Gasteiger partial charge in [0.1, 0.15) is 10.2 Å². The number of hydrogen-bond donors (Lipinski definition) is 2. The highest BCUT2D eigenvalue weighted by Crippen LogP contribution is 2.65. The molecule has 10 heteroatoms. The third-order valence-corrected chi connectivity index (χ3v) is 7.18. The molecule has 2 atom stereocenters. The lowest BCUT2D eigenvalue weighted by Gasteiger charge is -2.13. The quantitative estimate of drug-likeness (QED) is 0.325. The molecule has 1 aliphatic rings. The Morgan fingerprint density at radius 1 is 0.879 bits per heavy atom. The summed E-state index contributed by atoms with van der Waals surface area (Å²) in [5, 5.41) is 5.33. The van der Waals surface area contributed by atoms with Crippen molar-refractivity contribution in [3.63, 3.8) is 0 Å². The Labute approximate surface area is 213 Å². The summed E-state index contributed by atoms with van der Waals surface area (Å²) in [6.07, 6.45) is 0. The first-order chi connectivity index (χ1) is 15.6. The van der Waals surface area contributed by atoms with Crippen LogP contribution in [0.1, 0.15) is 21.8 Å². The van der Waals surface area contributed by atoms with Crippen molar-refractivity contribution in [2.75, 3.05) is 10.6 Å². The third-order valence-electron chi connectivity index (χ3n) is 5.25. The summed E-state index contributed by atoms with van der Waals surface area (Å²) in [6, 6.07) is 15.7. The van der Waals surface area contributed by atoms with E-state index in [1.165, 1.54) is 30.3 Å². The molecule has 0 radical (unpaired) electrons. The number of anilines is 2. The molecule has 4 nitrogen and oxygen atoms in total. The number of amides is 2. The van der Waals surface area contributed by atoms with Gasteiger partial charge < -0.3 is 10.6 Å². The fourth-order valence-corrected chi connectivity index (χ4v) is 5.16. The Bertz CT molecular complexity index is 1250. The van der Waals surface area contributed by atoms with Crippen LogP contribution < -0.4 is 10.6 Å². The first-order valence-electron chi connectivity index (χ1n) is 9.59. The molecule has 3 aromatic carbocycles. The standard InChI is InChI=1S/C23H14Cl5FN2O2/c24-13-7-9-16(20(26)17(13)21(32)30-12-4-2-1-3-5-12)31-22(33)19-18(23(19,27)28)11-6-8-15(29)14(25)10-11/h1-10,18-19H,(H,30,32)(H,31,33)/t18-,19+/m0/s1. The Balaban J connectivity index is 1.55. The summed E-state index contributed by atoms with van der Waals surface area (Å²) < 4.78 is 12.1. The van der Waals surface area contributed by atoms with Gasteiger partial charge in [-0.2, -0.15) is 0 Å². The molecule has 170 valence electrons. The maximum atomic E-state index is 13.5. The van der Waals surface area contributed by atoms with Gasteiger partial charge in [0.25, 0.3) is 5.91 Å². The van der Waals surface area contributed by atoms with Gasteiger partial charge in [0.15, 0.2) is 0 Å². The van der Waals surface area contributed by atoms with Crippen LogP contribution >= 0.6 is 58.0 Å². The van der Waals surface area contributed by atoms with Crippen LogP contribution in [0.25, 0.3) is 0 Å². The van der Waals surface area contributed by atoms with Crippen LogP contribution in [-0.4, -0.2) is 16.1 Å². The van der Waals surface area contributed by atoms with E-state index in [0.29, 0.717) is 11.3 Å². The molecular weight excluding hydrogens is 533 g/mol. The highest BCUT2D eigenvalue weighted by molar-refractivity contribution is 6.53. The summed E-state index contributed by atoms with van der Waals surface area (Å²) in [7, 11) is 0. The molecule has 3 aromatic rings. The number of rotatable bonds is 5. The van der Waals surface area contributed by atoms with Crippen molar-refractivity contribution in [3.8, 4) is 0 Å². The summed E-state index contributed by atoms with van der Waals surface area (Å²) in [6.45, 7) is 0. The van der Waals surface area contributed by atoms with Gasteiger partial charge in [-0.1, -0.05) is 59.1 Å². The van der Waals surface area contributed by atoms with Gasteiger partial charge in [-0.25, -0.2) is 4.39 Å². The van der Waals surface area contributed by atoms with Crippen LogP contribution in [0, 0.1) is 11.7 Å². The van der Waals surface area contributed by atoms with Crippen LogP contribution in [0.4, 0.5) is 15.8 Å². The second kappa shape index (κ2) is 9.32. The first-order valence-corrected chi connectivity index (χ1v) is 11.5. The van der Waals surface area contributed by atoms with E-state index < -0.39 is 33.8 Å². The van der Waals surface area contributed by atoms with Crippen molar-refractivity contribution >= 4 is 81.2 Å². The van der Waals surface area contributed by atoms with E-state index in [1.807, 2.05) is 6.07 Å². The third kappa shape index (κ3) is 4.79. The molecule has 1 fully saturated rings. The lowest BCUT2D eigenvalue weighted by molar-refractivity contribution is -0.117. The van der Waals surface area contributed by atoms with Crippen molar-refractivity contribution in [1.29, 1.82) is 0 Å². The van der Waals surface area contributed by atoms with Gasteiger partial charge in [0, 0.05) is 11.6 Å². The van der Waals surface area contributed by atoms with Crippen LogP contribution in [0.5, 0.6) is 0 Å². The number of nitrogens with one attached hydrogen (secondary N) is 2. The van der Waals surface area contributed by atoms with Gasteiger partial charge >= 0.3 is 0 Å². The van der Waals surface area contributed by atoms with Gasteiger partial charge in [0.2, 0.25) is 5.91 Å². The monoisotopic (exact) mass is 544 g/mol. The van der Waals surface area contributed by atoms with Gasteiger partial charge in [-0.05, 0) is 42.0 Å². The summed E-state index contributed by atoms with van der Waals surface area (Å²) in [5.41, 5.74) is 1.24. The van der Waals surface area contributed by atoms with Gasteiger partial charge in [-0.3, -0.25) is 9.59 Å². The predicted molar refractivity (Wildman–Crippen MR) is 132 cm³/mol. The molecule has 1 aliphatic carbocycles. The van der Waals surface area contributed by atoms with Crippen molar-refractivity contribution in [2.24, 2.45) is 5.92 Å². The average Bonchev–Trinajstić information content (AvgIpc) is 3.35. The maximum absolute atomic E-state index is 13.5. The molecule has 0 aromatic heterocycles. The lowest BCUT2D eigenvalue weighted by Crippen LogP contribution is -2.19. The van der Waals surface area contributed by atoms with E-state index >= 15 is 0 Å². The Morgan fingerprint density at radius 3 is 2.24 bits per heavy atom. The Morgan fingerprint density at radius 2 is 1.58 bits per heavy atom. The number of alkyl halides is 2. The van der Waals surface area contributed by atoms with E-state index in [0.717, 1.165) is 0 Å². The van der Waals surface area contributed by atoms with E-state index in [9.17, 15) is 14.0 Å². The number of hydrogen-bond acceptors (Lipinski definition) is 2. The fourth-order valence-electron chi connectivity index (χ4n) is 3.56. The minimum atomic E-state index is -1.42. The largest absolute Gasteiger partial charge is 0.324 e. The zero-order chi connectivity index (χ0) is 23.9. The highest BCUT2D eigenvalue weighted by Gasteiger charge is 2.67. The average molecular weight is 547 g/mol. The van der Waals surface area contributed by atoms with Crippen LogP contribution in [0.15, 0.2) is 60.7 Å². The van der Waals surface area contributed by atoms with Crippen LogP contribution in [0.2, 0.25) is 15.1 Å². The van der Waals surface area contributed by atoms with Crippen molar-refractivity contribution in [1.82, 2.24) is 0 Å². The van der Waals surface area contributed by atoms with E-state index in [-0.39, 0.29) is 26.3 Å². The first kappa shape index (κ1) is 24.1. The van der Waals surface area contributed by atoms with Crippen molar-refractivity contribution in [2.45, 2.75) is 10.3 Å². The lowest BCUT2D eigenvalue weighted by atomic mass is 10.1. The summed E-state index contributed by atoms with van der Waals surface area (Å²) in [4.78, 5) is 25.7. The zero-order valence-electron chi connectivity index (χ0n) is 16.5. The Hall–Kier alpha value is -2.02. The van der Waals surface area contributed by atoms with E-state index in [1.54, 1.807) is 24.3 Å². The molecule has 0 heterocycles. The summed E-state index contributed by atoms with van der Waals surface area (Å²) in [5.74, 6) is -3.11. The van der Waals surface area contributed by atoms with Gasteiger partial charge in [0.05, 0.1) is 32.2 Å². The molecular formula is C23H14Cl5FN2O2. The number of benzene rings is 3. The molecule has 1 saturated carbocycles. The zero-order valence-corrected chi connectivity index (χ0v) is 20.3. The molecule has 33 heavy (non-hydrogen) atoms. The number of carbonyl (C=O) groups excluding carboxylic acids is 2. The number of carbonyl (C=O) groups is 2. The molecule has 0 bridgehead atoms. The second-order valence-corrected chi connectivity index (χ2v) is 10.0. The van der Waals surface area contributed by atoms with Crippen LogP contribution in [0.3, 0.4) is 0 Å². The Kier molecular flexibility index (Phi) is 6.81. The van der Waals surface area contributed by atoms with Crippen LogP contribution in [-0.2, 0) is 4.79 Å². The highest BCUT2D eigenvalue weighted by atomic mass is 35.5. The van der Waals surface area contributed by atoms with Crippen molar-refractivity contribution in [3.05, 3.63) is 92.7 Å². The van der Waals surface area contributed by atoms with Crippen molar-refractivity contribution < 1.29 is 14.0 Å². The molecule has 0 spiro atoms. The number of para-hydroxylation sites is 1. The molecule has 4 rings (SSSR count). The normalized spacial score (nSPS) is 18.5. The van der Waals surface area contributed by atoms with E-state index in [4.69, 9.17) is 58.0 Å². The fraction of sp³-hybridized carbons (Fsp3) is 0.130. The molecule has 2 amide bonds. The number of halogens is 6. The summed E-state index contributed by atoms with van der Waals surface area (Å²) >= 11 is 31.2. The molecule has 0 aliphatic heterocycles. The minimum absolute atomic E-state index is 0.000611. The molecule has 2 N–H and O–H groups in total. The van der Waals surface area contributed by atoms with E-state index in [2.05, 4.69) is 10.6 Å². The smallest absolute Gasteiger partial charge is 0.258 e. The SMILES string of the molecule is O=C(Nc1ccccc1)c1c(Cl)ccc(NC(=O)[C@H]2[C@H](c3ccc(F)c(Cl)c3)C2(Cl)Cl)c1Cl. The maximum Gasteiger partial charge on any atom is 0.258 e. The minimum Gasteiger partial charge on any atom is -0.324 e. The topological polar surface area (TPSA) is 58.2 Å². The predicted octanol–water partition coefficient (Wildman–Crippen LogP) is 7.56. The second-order valence-electron chi connectivity index (χ2n) is 7.40.